The van der Waals surface area contributed by atoms with E-state index in [4.69, 9.17) is 9.97 Å². The number of para-hydroxylation sites is 8. The highest BCUT2D eigenvalue weighted by atomic mass is 15.2. The van der Waals surface area contributed by atoms with E-state index in [9.17, 15) is 0 Å². The number of aromatic nitrogens is 4. The van der Waals surface area contributed by atoms with E-state index in [1.165, 1.54) is 0 Å². The van der Waals surface area contributed by atoms with Gasteiger partial charge in [-0.1, -0.05) is 164 Å². The van der Waals surface area contributed by atoms with E-state index in [0.29, 0.717) is 0 Å². The fourth-order valence-corrected chi connectivity index (χ4v) is 14.2. The van der Waals surface area contributed by atoms with E-state index in [1.807, 2.05) is 0 Å². The summed E-state index contributed by atoms with van der Waals surface area (Å²) in [4.78, 5) is 20.2. The molecule has 0 spiro atoms. The van der Waals surface area contributed by atoms with Crippen LogP contribution in [0.4, 0.5) is 68.2 Å². The van der Waals surface area contributed by atoms with Gasteiger partial charge in [-0.3, -0.25) is 14.1 Å². The zero-order chi connectivity index (χ0) is 65.5. The summed E-state index contributed by atoms with van der Waals surface area (Å²) < 4.78 is 4.77. The van der Waals surface area contributed by atoms with E-state index in [-0.39, 0.29) is 0 Å². The Morgan fingerprint density at radius 1 is 0.194 bits per heavy atom. The molecule has 0 fully saturated rings. The van der Waals surface area contributed by atoms with Crippen LogP contribution in [0.3, 0.4) is 0 Å². The van der Waals surface area contributed by atoms with E-state index < -0.39 is 0 Å². The van der Waals surface area contributed by atoms with Crippen molar-refractivity contribution < 1.29 is 0 Å². The molecule has 17 rings (SSSR count). The minimum Gasteiger partial charge on any atom is -0.310 e. The first kappa shape index (κ1) is 58.8. The van der Waals surface area contributed by atoms with Crippen molar-refractivity contribution in [2.75, 3.05) is 19.6 Å². The lowest BCUT2D eigenvalue weighted by Crippen LogP contribution is -2.09. The molecule has 0 saturated carbocycles. The van der Waals surface area contributed by atoms with Crippen molar-refractivity contribution in [3.05, 3.63) is 375 Å². The van der Waals surface area contributed by atoms with Gasteiger partial charge in [0.15, 0.2) is 0 Å². The molecule has 0 radical (unpaired) electrons. The topological polar surface area (TPSA) is 48.6 Å². The number of nitrogens with zero attached hydrogens (tertiary/aromatic N) is 8. The molecule has 466 valence electrons. The first-order valence-corrected chi connectivity index (χ1v) is 33.3. The monoisotopic (exact) mass is 1260 g/mol. The fourth-order valence-electron chi connectivity index (χ4n) is 14.2. The predicted molar refractivity (Wildman–Crippen MR) is 410 cm³/mol. The van der Waals surface area contributed by atoms with Gasteiger partial charge in [0.05, 0.1) is 22.1 Å². The SMILES string of the molecule is Cc1cc(-c2cccc(-c3cc(-n4c5ccc(N(c6ccccc6)c6ccccc6)cc5c5cc(N(c6ccccc6)c6ccccc6)ccc54)nc(-n4c5ccc(N(c6ccccc6)c6ccccc6)cc5c5cc(N(c6ccccc6)c6ccccc6)ccc54)c3)c2)cc(C)n1. The van der Waals surface area contributed by atoms with Gasteiger partial charge in [-0.15, -0.1) is 0 Å². The number of benzene rings is 13. The van der Waals surface area contributed by atoms with Crippen LogP contribution in [-0.2, 0) is 0 Å². The molecule has 0 amide bonds. The van der Waals surface area contributed by atoms with Crippen molar-refractivity contribution in [1.29, 1.82) is 0 Å². The van der Waals surface area contributed by atoms with E-state index in [1.54, 1.807) is 0 Å². The summed E-state index contributed by atoms with van der Waals surface area (Å²) in [6.07, 6.45) is 0. The highest BCUT2D eigenvalue weighted by Crippen LogP contribution is 2.47. The Bertz CT molecular complexity index is 4940. The number of aryl methyl sites for hydroxylation is 2. The largest absolute Gasteiger partial charge is 0.310 e. The Morgan fingerprint density at radius 3 is 0.673 bits per heavy atom. The minimum atomic E-state index is 0.770. The molecule has 8 heteroatoms. The number of hydrogen-bond acceptors (Lipinski definition) is 6. The van der Waals surface area contributed by atoms with Gasteiger partial charge in [0.1, 0.15) is 11.6 Å². The van der Waals surface area contributed by atoms with Gasteiger partial charge in [0, 0.05) is 101 Å². The molecule has 0 bridgehead atoms. The van der Waals surface area contributed by atoms with Gasteiger partial charge in [-0.05, 0) is 236 Å². The normalized spacial score (nSPS) is 11.4. The third kappa shape index (κ3) is 11.0. The van der Waals surface area contributed by atoms with Crippen molar-refractivity contribution >= 4 is 112 Å². The van der Waals surface area contributed by atoms with Crippen LogP contribution in [0.15, 0.2) is 364 Å². The fraction of sp³-hybridized carbons (Fsp3) is 0.0222. The first-order valence-electron chi connectivity index (χ1n) is 33.3. The molecule has 0 aliphatic heterocycles. The summed E-state index contributed by atoms with van der Waals surface area (Å²) in [5, 5.41) is 4.32. The van der Waals surface area contributed by atoms with Gasteiger partial charge in [-0.25, -0.2) is 4.98 Å². The van der Waals surface area contributed by atoms with Crippen molar-refractivity contribution in [3.63, 3.8) is 0 Å². The highest BCUT2D eigenvalue weighted by molar-refractivity contribution is 6.14. The Hall–Kier alpha value is -13.0. The summed E-state index contributed by atoms with van der Waals surface area (Å²) in [7, 11) is 0. The van der Waals surface area contributed by atoms with Gasteiger partial charge in [0.25, 0.3) is 0 Å². The van der Waals surface area contributed by atoms with Crippen LogP contribution in [-0.4, -0.2) is 19.1 Å². The Balaban J connectivity index is 0.949. The summed E-state index contributed by atoms with van der Waals surface area (Å²) >= 11 is 0. The molecular formula is C90H66N8. The second-order valence-electron chi connectivity index (χ2n) is 24.8. The van der Waals surface area contributed by atoms with Crippen LogP contribution in [0.25, 0.3) is 77.5 Å². The first-order chi connectivity index (χ1) is 48.4. The van der Waals surface area contributed by atoms with Gasteiger partial charge < -0.3 is 19.6 Å². The number of hydrogen-bond donors (Lipinski definition) is 0. The van der Waals surface area contributed by atoms with Crippen LogP contribution in [0.2, 0.25) is 0 Å². The maximum atomic E-state index is 6.04. The maximum absolute atomic E-state index is 6.04. The van der Waals surface area contributed by atoms with E-state index in [2.05, 4.69) is 407 Å². The Morgan fingerprint density at radius 2 is 0.429 bits per heavy atom. The van der Waals surface area contributed by atoms with Crippen molar-refractivity contribution in [2.45, 2.75) is 13.8 Å². The van der Waals surface area contributed by atoms with Crippen molar-refractivity contribution in [1.82, 2.24) is 19.1 Å². The molecule has 0 atom stereocenters. The average Bonchev–Trinajstić information content (AvgIpc) is 1.57. The lowest BCUT2D eigenvalue weighted by atomic mass is 9.99. The number of anilines is 12. The summed E-state index contributed by atoms with van der Waals surface area (Å²) in [6, 6.07) is 131. The molecule has 13 aromatic carbocycles. The third-order valence-electron chi connectivity index (χ3n) is 18.5. The van der Waals surface area contributed by atoms with Gasteiger partial charge >= 0.3 is 0 Å². The van der Waals surface area contributed by atoms with Crippen LogP contribution in [0.5, 0.6) is 0 Å². The van der Waals surface area contributed by atoms with Gasteiger partial charge in [0.2, 0.25) is 0 Å². The quantitative estimate of drug-likeness (QED) is 0.0961. The average molecular weight is 1260 g/mol. The zero-order valence-electron chi connectivity index (χ0n) is 54.2. The lowest BCUT2D eigenvalue weighted by Gasteiger charge is -2.26. The second kappa shape index (κ2) is 25.4. The van der Waals surface area contributed by atoms with Crippen LogP contribution >= 0.6 is 0 Å². The molecule has 0 aliphatic carbocycles. The molecule has 0 aliphatic rings. The molecule has 4 aromatic heterocycles. The Labute approximate surface area is 570 Å². The molecule has 4 heterocycles. The van der Waals surface area contributed by atoms with Crippen molar-refractivity contribution in [3.8, 4) is 33.9 Å². The lowest BCUT2D eigenvalue weighted by molar-refractivity contribution is 1.01. The zero-order valence-corrected chi connectivity index (χ0v) is 54.2. The minimum absolute atomic E-state index is 0.770. The molecule has 0 N–H and O–H groups in total. The smallest absolute Gasteiger partial charge is 0.140 e. The molecule has 8 nitrogen and oxygen atoms in total. The maximum Gasteiger partial charge on any atom is 0.140 e. The third-order valence-corrected chi connectivity index (χ3v) is 18.5. The summed E-state index contributed by atoms with van der Waals surface area (Å²) in [5.74, 6) is 1.54. The molecule has 98 heavy (non-hydrogen) atoms. The molecule has 0 unspecified atom stereocenters. The summed E-state index contributed by atoms with van der Waals surface area (Å²) in [6.45, 7) is 4.14. The number of fused-ring (bicyclic) bond motifs is 6. The number of rotatable bonds is 16. The predicted octanol–water partition coefficient (Wildman–Crippen LogP) is 24.5. The van der Waals surface area contributed by atoms with E-state index in [0.717, 1.165) is 157 Å². The molecule has 0 saturated heterocycles. The van der Waals surface area contributed by atoms with E-state index >= 15 is 0 Å². The van der Waals surface area contributed by atoms with Gasteiger partial charge in [-0.2, -0.15) is 0 Å². The van der Waals surface area contributed by atoms with Crippen LogP contribution in [0, 0.1) is 13.8 Å². The second-order valence-corrected chi connectivity index (χ2v) is 24.8. The van der Waals surface area contributed by atoms with Crippen LogP contribution in [0.1, 0.15) is 11.4 Å². The molecule has 17 aromatic rings. The van der Waals surface area contributed by atoms with Crippen LogP contribution < -0.4 is 19.6 Å². The molecular weight excluding hydrogens is 1190 g/mol. The van der Waals surface area contributed by atoms with Crippen molar-refractivity contribution in [2.24, 2.45) is 0 Å². The number of pyridine rings is 2. The summed E-state index contributed by atoms with van der Waals surface area (Å²) in [5.41, 5.74) is 22.9. The highest BCUT2D eigenvalue weighted by Gasteiger charge is 2.25. The Kier molecular flexibility index (Phi) is 15.2. The standard InChI is InChI=1S/C90H66N8/c1-63-54-67(55-64(2)91-63)65-28-27-29-66(56-65)68-57-89(97-85-50-46-77(93(69-30-11-3-12-31-69)70-32-13-4-14-33-70)59-81(85)82-60-78(47-51-86(82)97)94(71-34-15-5-16-35-71)72-36-17-6-18-37-72)92-90(58-68)98-87-52-48-79(95(73-38-19-7-20-39-73)74-40-21-8-22-41-74)61-83(87)84-62-80(49-53-88(84)98)96(75-42-23-9-24-43-75)76-44-25-10-26-45-76/h3-62H,1-2H3.